The number of pyridine rings is 1. The number of aromatic nitrogens is 3. The lowest BCUT2D eigenvalue weighted by molar-refractivity contribution is 0.0926. The highest BCUT2D eigenvalue weighted by Gasteiger charge is 2.26. The summed E-state index contributed by atoms with van der Waals surface area (Å²) in [4.78, 5) is 18.0. The Labute approximate surface area is 167 Å². The molecule has 1 atom stereocenters. The van der Waals surface area contributed by atoms with Crippen molar-refractivity contribution in [2.24, 2.45) is 7.05 Å². The average molecular weight is 388 g/mol. The number of fused-ring (bicyclic) bond motifs is 2. The van der Waals surface area contributed by atoms with Crippen LogP contribution in [-0.2, 0) is 7.05 Å². The van der Waals surface area contributed by atoms with Crippen molar-refractivity contribution in [3.63, 3.8) is 0 Å². The number of nitrogens with zero attached hydrogens (tertiary/aromatic N) is 3. The van der Waals surface area contributed by atoms with Crippen LogP contribution < -0.4 is 10.1 Å². The highest BCUT2D eigenvalue weighted by molar-refractivity contribution is 6.07. The standard InChI is InChI=1S/C22H20N4O3/c1-13-20-15(12-17(19-8-5-10-28-19)23-21(20)26(2)25-13)22(27)24-16-9-11-29-18-7-4-3-6-14(16)18/h3-8,10,12,16H,9,11H2,1-2H3,(H,24,27)/t16-/m1/s1. The Morgan fingerprint density at radius 3 is 2.93 bits per heavy atom. The molecule has 0 spiro atoms. The predicted octanol–water partition coefficient (Wildman–Crippen LogP) is 3.79. The van der Waals surface area contributed by atoms with Crippen LogP contribution in [0.5, 0.6) is 5.75 Å². The van der Waals surface area contributed by atoms with Crippen LogP contribution in [0.3, 0.4) is 0 Å². The number of carbonyl (C=O) groups is 1. The van der Waals surface area contributed by atoms with E-state index >= 15 is 0 Å². The first-order valence-electron chi connectivity index (χ1n) is 9.52. The second-order valence-electron chi connectivity index (χ2n) is 7.14. The minimum absolute atomic E-state index is 0.111. The highest BCUT2D eigenvalue weighted by Crippen LogP contribution is 2.33. The van der Waals surface area contributed by atoms with E-state index in [0.29, 0.717) is 35.7 Å². The van der Waals surface area contributed by atoms with E-state index in [9.17, 15) is 4.79 Å². The van der Waals surface area contributed by atoms with Gasteiger partial charge in [-0.1, -0.05) is 18.2 Å². The molecule has 1 aliphatic rings. The van der Waals surface area contributed by atoms with E-state index in [1.807, 2.05) is 44.3 Å². The van der Waals surface area contributed by atoms with E-state index in [-0.39, 0.29) is 11.9 Å². The van der Waals surface area contributed by atoms with Gasteiger partial charge in [0.05, 0.1) is 35.6 Å². The van der Waals surface area contributed by atoms with Crippen LogP contribution in [0, 0.1) is 6.92 Å². The summed E-state index contributed by atoms with van der Waals surface area (Å²) in [6.07, 6.45) is 2.31. The zero-order valence-corrected chi connectivity index (χ0v) is 16.2. The number of nitrogens with one attached hydrogen (secondary N) is 1. The van der Waals surface area contributed by atoms with E-state index in [1.54, 1.807) is 23.1 Å². The molecule has 0 fully saturated rings. The number of para-hydroxylation sites is 1. The first kappa shape index (κ1) is 17.5. The van der Waals surface area contributed by atoms with Crippen LogP contribution in [0.2, 0.25) is 0 Å². The molecule has 29 heavy (non-hydrogen) atoms. The lowest BCUT2D eigenvalue weighted by Gasteiger charge is -2.26. The topological polar surface area (TPSA) is 82.2 Å². The van der Waals surface area contributed by atoms with E-state index in [4.69, 9.17) is 9.15 Å². The number of carbonyl (C=O) groups excluding carboxylic acids is 1. The highest BCUT2D eigenvalue weighted by atomic mass is 16.5. The molecular formula is C22H20N4O3. The van der Waals surface area contributed by atoms with Gasteiger partial charge in [-0.2, -0.15) is 5.10 Å². The SMILES string of the molecule is Cc1nn(C)c2nc(-c3ccco3)cc(C(=O)N[C@@H]3CCOc4ccccc43)c12. The summed E-state index contributed by atoms with van der Waals surface area (Å²) in [5.41, 5.74) is 3.54. The Bertz CT molecular complexity index is 1210. The van der Waals surface area contributed by atoms with Crippen LogP contribution in [0.25, 0.3) is 22.5 Å². The number of hydrogen-bond donors (Lipinski definition) is 1. The summed E-state index contributed by atoms with van der Waals surface area (Å²) < 4.78 is 12.9. The van der Waals surface area contributed by atoms with Crippen LogP contribution in [-0.4, -0.2) is 27.3 Å². The van der Waals surface area contributed by atoms with E-state index in [1.165, 1.54) is 0 Å². The van der Waals surface area contributed by atoms with Crippen LogP contribution in [0.1, 0.15) is 34.1 Å². The number of aryl methyl sites for hydroxylation is 2. The summed E-state index contributed by atoms with van der Waals surface area (Å²) in [7, 11) is 1.82. The van der Waals surface area contributed by atoms with Crippen molar-refractivity contribution < 1.29 is 13.9 Å². The molecule has 0 radical (unpaired) electrons. The molecule has 1 amide bonds. The number of rotatable bonds is 3. The van der Waals surface area contributed by atoms with Crippen molar-refractivity contribution >= 4 is 16.9 Å². The number of amides is 1. The van der Waals surface area contributed by atoms with Crippen LogP contribution in [0.15, 0.2) is 53.1 Å². The molecule has 3 aromatic heterocycles. The molecule has 4 aromatic rings. The number of ether oxygens (including phenoxy) is 1. The molecule has 0 bridgehead atoms. The molecule has 0 aliphatic carbocycles. The van der Waals surface area contributed by atoms with Gasteiger partial charge in [0.15, 0.2) is 11.4 Å². The maximum Gasteiger partial charge on any atom is 0.252 e. The largest absolute Gasteiger partial charge is 0.493 e. The molecule has 5 rings (SSSR count). The molecule has 0 unspecified atom stereocenters. The third-order valence-corrected chi connectivity index (χ3v) is 5.25. The number of benzene rings is 1. The third kappa shape index (κ3) is 2.95. The van der Waals surface area contributed by atoms with Gasteiger partial charge in [-0.25, -0.2) is 4.98 Å². The van der Waals surface area contributed by atoms with Gasteiger partial charge in [0.1, 0.15) is 11.4 Å². The minimum atomic E-state index is -0.164. The summed E-state index contributed by atoms with van der Waals surface area (Å²) >= 11 is 0. The number of hydrogen-bond acceptors (Lipinski definition) is 5. The van der Waals surface area contributed by atoms with Gasteiger partial charge < -0.3 is 14.5 Å². The second-order valence-corrected chi connectivity index (χ2v) is 7.14. The second kappa shape index (κ2) is 6.77. The van der Waals surface area contributed by atoms with Crippen molar-refractivity contribution in [1.82, 2.24) is 20.1 Å². The van der Waals surface area contributed by atoms with Crippen molar-refractivity contribution in [1.29, 1.82) is 0 Å². The minimum Gasteiger partial charge on any atom is -0.493 e. The fraction of sp³-hybridized carbons (Fsp3) is 0.227. The Balaban J connectivity index is 1.58. The van der Waals surface area contributed by atoms with Crippen molar-refractivity contribution in [2.45, 2.75) is 19.4 Å². The maximum absolute atomic E-state index is 13.4. The molecule has 0 saturated heterocycles. The smallest absolute Gasteiger partial charge is 0.252 e. The zero-order valence-electron chi connectivity index (χ0n) is 16.2. The Morgan fingerprint density at radius 1 is 1.24 bits per heavy atom. The molecule has 1 N–H and O–H groups in total. The molecule has 7 heteroatoms. The van der Waals surface area contributed by atoms with E-state index in [0.717, 1.165) is 22.4 Å². The fourth-order valence-corrected chi connectivity index (χ4v) is 3.90. The molecule has 0 saturated carbocycles. The lowest BCUT2D eigenvalue weighted by atomic mass is 9.99. The van der Waals surface area contributed by atoms with Gasteiger partial charge in [0.25, 0.3) is 5.91 Å². The summed E-state index contributed by atoms with van der Waals surface area (Å²) in [6, 6.07) is 13.1. The van der Waals surface area contributed by atoms with Crippen LogP contribution >= 0.6 is 0 Å². The van der Waals surface area contributed by atoms with Gasteiger partial charge in [0.2, 0.25) is 0 Å². The molecule has 146 valence electrons. The normalized spacial score (nSPS) is 15.7. The van der Waals surface area contributed by atoms with Crippen molar-refractivity contribution in [3.8, 4) is 17.2 Å². The lowest BCUT2D eigenvalue weighted by Crippen LogP contribution is -2.32. The van der Waals surface area contributed by atoms with Gasteiger partial charge in [-0.05, 0) is 31.2 Å². The average Bonchev–Trinajstić information content (AvgIpc) is 3.36. The van der Waals surface area contributed by atoms with Gasteiger partial charge in [-0.15, -0.1) is 0 Å². The van der Waals surface area contributed by atoms with Gasteiger partial charge in [0, 0.05) is 19.0 Å². The molecule has 4 heterocycles. The molecule has 1 aromatic carbocycles. The third-order valence-electron chi connectivity index (χ3n) is 5.25. The maximum atomic E-state index is 13.4. The first-order valence-corrected chi connectivity index (χ1v) is 9.52. The van der Waals surface area contributed by atoms with Gasteiger partial charge in [-0.3, -0.25) is 9.48 Å². The van der Waals surface area contributed by atoms with Gasteiger partial charge >= 0.3 is 0 Å². The Hall–Kier alpha value is -3.61. The number of furan rings is 1. The quantitative estimate of drug-likeness (QED) is 0.577. The summed E-state index contributed by atoms with van der Waals surface area (Å²) in [5, 5.41) is 8.39. The van der Waals surface area contributed by atoms with Crippen molar-refractivity contribution in [3.05, 3.63) is 65.5 Å². The van der Waals surface area contributed by atoms with Crippen molar-refractivity contribution in [2.75, 3.05) is 6.61 Å². The summed E-state index contributed by atoms with van der Waals surface area (Å²) in [6.45, 7) is 2.45. The molecule has 1 aliphatic heterocycles. The summed E-state index contributed by atoms with van der Waals surface area (Å²) in [5.74, 6) is 1.26. The Morgan fingerprint density at radius 2 is 2.10 bits per heavy atom. The molecule has 7 nitrogen and oxygen atoms in total. The van der Waals surface area contributed by atoms with E-state index < -0.39 is 0 Å². The molecular weight excluding hydrogens is 368 g/mol. The Kier molecular flexibility index (Phi) is 4.08. The monoisotopic (exact) mass is 388 g/mol. The van der Waals surface area contributed by atoms with E-state index in [2.05, 4.69) is 15.4 Å². The zero-order chi connectivity index (χ0) is 20.0. The predicted molar refractivity (Wildman–Crippen MR) is 108 cm³/mol. The van der Waals surface area contributed by atoms with Crippen LogP contribution in [0.4, 0.5) is 0 Å². The fourth-order valence-electron chi connectivity index (χ4n) is 3.90. The first-order chi connectivity index (χ1) is 14.1.